The van der Waals surface area contributed by atoms with Crippen molar-refractivity contribution in [2.24, 2.45) is 0 Å². The Hall–Kier alpha value is -2.22. The minimum atomic E-state index is -1.28. The van der Waals surface area contributed by atoms with Crippen LogP contribution in [-0.2, 0) is 9.53 Å². The molecule has 0 aliphatic carbocycles. The van der Waals surface area contributed by atoms with E-state index >= 15 is 0 Å². The van der Waals surface area contributed by atoms with Crippen LogP contribution in [0.15, 0.2) is 18.2 Å². The molecule has 6 nitrogen and oxygen atoms in total. The maximum absolute atomic E-state index is 12.9. The van der Waals surface area contributed by atoms with Crippen molar-refractivity contribution >= 4 is 17.7 Å². The number of carboxylic acid groups (broad SMARTS) is 1. The summed E-state index contributed by atoms with van der Waals surface area (Å²) in [4.78, 5) is 22.2. The number of carboxylic acids is 1. The zero-order valence-electron chi connectivity index (χ0n) is 9.94. The first-order valence-electron chi connectivity index (χ1n) is 5.18. The largest absolute Gasteiger partial charge is 0.480 e. The number of halogens is 2. The predicted octanol–water partition coefficient (Wildman–Crippen LogP) is 1.19. The molecule has 1 aromatic rings. The lowest BCUT2D eigenvalue weighted by Gasteiger charge is -2.14. The van der Waals surface area contributed by atoms with Crippen molar-refractivity contribution < 1.29 is 28.2 Å². The molecular formula is C11H12F2N2O4. The molecule has 1 unspecified atom stereocenters. The van der Waals surface area contributed by atoms with Gasteiger partial charge in [-0.05, 0) is 12.1 Å². The van der Waals surface area contributed by atoms with Crippen LogP contribution in [0.25, 0.3) is 0 Å². The molecule has 8 heteroatoms. The van der Waals surface area contributed by atoms with Gasteiger partial charge in [-0.1, -0.05) is 0 Å². The maximum atomic E-state index is 12.9. The Kier molecular flexibility index (Phi) is 5.19. The molecule has 0 aromatic heterocycles. The molecule has 0 aliphatic heterocycles. The molecule has 0 aliphatic rings. The second-order valence-corrected chi connectivity index (χ2v) is 3.57. The molecule has 0 saturated heterocycles. The lowest BCUT2D eigenvalue weighted by molar-refractivity contribution is -0.140. The van der Waals surface area contributed by atoms with Crippen LogP contribution in [0.5, 0.6) is 0 Å². The van der Waals surface area contributed by atoms with Crippen LogP contribution < -0.4 is 10.6 Å². The van der Waals surface area contributed by atoms with Crippen LogP contribution in [0.2, 0.25) is 0 Å². The standard InChI is InChI=1S/C11H12F2N2O4/c1-19-5-9(10(16)17)15-11(18)14-6-2-3-7(12)8(13)4-6/h2-4,9H,5H2,1H3,(H,16,17)(H2,14,15,18). The van der Waals surface area contributed by atoms with Crippen LogP contribution in [-0.4, -0.2) is 36.9 Å². The van der Waals surface area contributed by atoms with Gasteiger partial charge in [0.05, 0.1) is 6.61 Å². The molecule has 19 heavy (non-hydrogen) atoms. The van der Waals surface area contributed by atoms with E-state index in [0.29, 0.717) is 0 Å². The maximum Gasteiger partial charge on any atom is 0.328 e. The van der Waals surface area contributed by atoms with Crippen molar-refractivity contribution in [3.8, 4) is 0 Å². The summed E-state index contributed by atoms with van der Waals surface area (Å²) in [6.45, 7) is -0.222. The van der Waals surface area contributed by atoms with Gasteiger partial charge in [0.25, 0.3) is 0 Å². The zero-order chi connectivity index (χ0) is 14.4. The van der Waals surface area contributed by atoms with E-state index in [9.17, 15) is 18.4 Å². The SMILES string of the molecule is COCC(NC(=O)Nc1ccc(F)c(F)c1)C(=O)O. The van der Waals surface area contributed by atoms with Gasteiger partial charge in [-0.15, -0.1) is 0 Å². The van der Waals surface area contributed by atoms with E-state index in [4.69, 9.17) is 5.11 Å². The van der Waals surface area contributed by atoms with E-state index in [1.165, 1.54) is 7.11 Å². The highest BCUT2D eigenvalue weighted by Gasteiger charge is 2.19. The predicted molar refractivity (Wildman–Crippen MR) is 61.8 cm³/mol. The molecule has 1 rings (SSSR count). The molecule has 0 heterocycles. The number of aliphatic carboxylic acids is 1. The first kappa shape index (κ1) is 14.8. The quantitative estimate of drug-likeness (QED) is 0.752. The molecule has 1 atom stereocenters. The van der Waals surface area contributed by atoms with Gasteiger partial charge in [-0.2, -0.15) is 0 Å². The Morgan fingerprint density at radius 2 is 2.05 bits per heavy atom. The summed E-state index contributed by atoms with van der Waals surface area (Å²) in [6.07, 6.45) is 0. The van der Waals surface area contributed by atoms with Crippen LogP contribution in [0.1, 0.15) is 0 Å². The number of urea groups is 1. The van der Waals surface area contributed by atoms with Crippen molar-refractivity contribution in [2.45, 2.75) is 6.04 Å². The molecule has 0 spiro atoms. The zero-order valence-corrected chi connectivity index (χ0v) is 9.94. The fraction of sp³-hybridized carbons (Fsp3) is 0.273. The average molecular weight is 274 g/mol. The second-order valence-electron chi connectivity index (χ2n) is 3.57. The summed E-state index contributed by atoms with van der Waals surface area (Å²) in [5.74, 6) is -3.44. The van der Waals surface area contributed by atoms with Crippen LogP contribution in [0.3, 0.4) is 0 Å². The lowest BCUT2D eigenvalue weighted by atomic mass is 10.3. The number of ether oxygens (including phenoxy) is 1. The molecule has 0 saturated carbocycles. The molecule has 0 radical (unpaired) electrons. The van der Waals surface area contributed by atoms with Gasteiger partial charge in [-0.3, -0.25) is 0 Å². The Balaban J connectivity index is 2.63. The first-order chi connectivity index (χ1) is 8.93. The number of benzene rings is 1. The third-order valence-corrected chi connectivity index (χ3v) is 2.11. The Morgan fingerprint density at radius 1 is 1.37 bits per heavy atom. The van der Waals surface area contributed by atoms with E-state index < -0.39 is 29.7 Å². The Morgan fingerprint density at radius 3 is 2.58 bits per heavy atom. The highest BCUT2D eigenvalue weighted by atomic mass is 19.2. The molecule has 3 N–H and O–H groups in total. The number of methoxy groups -OCH3 is 1. The number of carbonyl (C=O) groups excluding carboxylic acids is 1. The highest BCUT2D eigenvalue weighted by Crippen LogP contribution is 2.12. The summed E-state index contributed by atoms with van der Waals surface area (Å²) in [6, 6.07) is 0.658. The number of anilines is 1. The molecular weight excluding hydrogens is 262 g/mol. The Bertz CT molecular complexity index is 482. The van der Waals surface area contributed by atoms with E-state index in [0.717, 1.165) is 18.2 Å². The van der Waals surface area contributed by atoms with Gasteiger partial charge in [-0.25, -0.2) is 18.4 Å². The number of amides is 2. The summed E-state index contributed by atoms with van der Waals surface area (Å²) < 4.78 is 30.2. The molecule has 1 aromatic carbocycles. The highest BCUT2D eigenvalue weighted by molar-refractivity contribution is 5.92. The van der Waals surface area contributed by atoms with Crippen LogP contribution in [0.4, 0.5) is 19.3 Å². The Labute approximate surface area is 107 Å². The number of carbonyl (C=O) groups is 2. The number of hydrogen-bond donors (Lipinski definition) is 3. The number of nitrogens with one attached hydrogen (secondary N) is 2. The summed E-state index contributed by atoms with van der Waals surface area (Å²) in [7, 11) is 1.28. The third-order valence-electron chi connectivity index (χ3n) is 2.11. The van der Waals surface area contributed by atoms with Gasteiger partial charge in [0, 0.05) is 18.9 Å². The van der Waals surface area contributed by atoms with E-state index in [2.05, 4.69) is 15.4 Å². The first-order valence-corrected chi connectivity index (χ1v) is 5.18. The molecule has 0 bridgehead atoms. The summed E-state index contributed by atoms with van der Waals surface area (Å²) in [5, 5.41) is 13.1. The topological polar surface area (TPSA) is 87.7 Å². The van der Waals surface area contributed by atoms with Crippen molar-refractivity contribution in [3.05, 3.63) is 29.8 Å². The summed E-state index contributed by atoms with van der Waals surface area (Å²) >= 11 is 0. The minimum Gasteiger partial charge on any atom is -0.480 e. The molecule has 0 fully saturated rings. The van der Waals surface area contributed by atoms with Gasteiger partial charge in [0.1, 0.15) is 0 Å². The van der Waals surface area contributed by atoms with Crippen LogP contribution >= 0.6 is 0 Å². The molecule has 104 valence electrons. The fourth-order valence-corrected chi connectivity index (χ4v) is 1.24. The van der Waals surface area contributed by atoms with Gasteiger partial charge in [0.15, 0.2) is 17.7 Å². The smallest absolute Gasteiger partial charge is 0.328 e. The minimum absolute atomic E-state index is 0.00189. The fourth-order valence-electron chi connectivity index (χ4n) is 1.24. The average Bonchev–Trinajstić information content (AvgIpc) is 2.33. The van der Waals surface area contributed by atoms with Crippen molar-refractivity contribution in [3.63, 3.8) is 0 Å². The van der Waals surface area contributed by atoms with Gasteiger partial charge in [0.2, 0.25) is 0 Å². The van der Waals surface area contributed by atoms with E-state index in [1.807, 2.05) is 0 Å². The third kappa shape index (κ3) is 4.51. The van der Waals surface area contributed by atoms with E-state index in [-0.39, 0.29) is 12.3 Å². The molecule has 2 amide bonds. The van der Waals surface area contributed by atoms with Gasteiger partial charge >= 0.3 is 12.0 Å². The second kappa shape index (κ2) is 6.64. The lowest BCUT2D eigenvalue weighted by Crippen LogP contribution is -2.45. The number of hydrogen-bond acceptors (Lipinski definition) is 3. The van der Waals surface area contributed by atoms with E-state index in [1.54, 1.807) is 0 Å². The monoisotopic (exact) mass is 274 g/mol. The van der Waals surface area contributed by atoms with Gasteiger partial charge < -0.3 is 20.5 Å². The van der Waals surface area contributed by atoms with Crippen molar-refractivity contribution in [2.75, 3.05) is 19.0 Å². The van der Waals surface area contributed by atoms with Crippen LogP contribution in [0, 0.1) is 11.6 Å². The van der Waals surface area contributed by atoms with Crippen molar-refractivity contribution in [1.29, 1.82) is 0 Å². The normalized spacial score (nSPS) is 11.7. The van der Waals surface area contributed by atoms with Crippen molar-refractivity contribution in [1.82, 2.24) is 5.32 Å². The summed E-state index contributed by atoms with van der Waals surface area (Å²) in [5.41, 5.74) is -0.00189. The number of rotatable bonds is 5.